The smallest absolute Gasteiger partial charge is 0.303 e. The van der Waals surface area contributed by atoms with Crippen LogP contribution in [0.15, 0.2) is 16.6 Å². The first-order valence-corrected chi connectivity index (χ1v) is 7.16. The summed E-state index contributed by atoms with van der Waals surface area (Å²) >= 11 is 3.61. The molecule has 0 saturated carbocycles. The van der Waals surface area contributed by atoms with E-state index < -0.39 is 5.97 Å². The lowest BCUT2D eigenvalue weighted by atomic mass is 9.88. The SMILES string of the molecule is NC(CCC(=O)O)c1cc(Br)c2c(c1)CCCC2. The Hall–Kier alpha value is -0.870. The highest BCUT2D eigenvalue weighted by Crippen LogP contribution is 2.32. The van der Waals surface area contributed by atoms with Crippen molar-refractivity contribution >= 4 is 21.9 Å². The molecule has 0 spiro atoms. The fourth-order valence-electron chi connectivity index (χ4n) is 2.50. The second-order valence-electron chi connectivity index (χ2n) is 4.89. The van der Waals surface area contributed by atoms with E-state index in [-0.39, 0.29) is 12.5 Å². The molecule has 3 N–H and O–H groups in total. The molecule has 98 valence electrons. The predicted molar refractivity (Wildman–Crippen MR) is 74.6 cm³/mol. The molecule has 0 aliphatic heterocycles. The molecule has 1 aromatic carbocycles. The Kier molecular flexibility index (Phi) is 4.40. The minimum atomic E-state index is -0.789. The van der Waals surface area contributed by atoms with Crippen LogP contribution in [0, 0.1) is 0 Å². The lowest BCUT2D eigenvalue weighted by molar-refractivity contribution is -0.137. The van der Waals surface area contributed by atoms with Crippen molar-refractivity contribution in [1.82, 2.24) is 0 Å². The minimum Gasteiger partial charge on any atom is -0.481 e. The Bertz CT molecular complexity index is 459. The summed E-state index contributed by atoms with van der Waals surface area (Å²) in [6, 6.07) is 4.02. The summed E-state index contributed by atoms with van der Waals surface area (Å²) in [5.41, 5.74) is 9.88. The van der Waals surface area contributed by atoms with Crippen LogP contribution in [0.4, 0.5) is 0 Å². The fraction of sp³-hybridized carbons (Fsp3) is 0.500. The Morgan fingerprint density at radius 2 is 2.11 bits per heavy atom. The summed E-state index contributed by atoms with van der Waals surface area (Å²) in [5.74, 6) is -0.789. The zero-order chi connectivity index (χ0) is 13.1. The highest BCUT2D eigenvalue weighted by molar-refractivity contribution is 9.10. The third-order valence-electron chi connectivity index (χ3n) is 3.53. The summed E-state index contributed by atoms with van der Waals surface area (Å²) < 4.78 is 1.13. The topological polar surface area (TPSA) is 63.3 Å². The van der Waals surface area contributed by atoms with Crippen LogP contribution >= 0.6 is 15.9 Å². The lowest BCUT2D eigenvalue weighted by Crippen LogP contribution is -2.14. The van der Waals surface area contributed by atoms with Gasteiger partial charge >= 0.3 is 5.97 Å². The molecular formula is C14H18BrNO2. The van der Waals surface area contributed by atoms with Crippen molar-refractivity contribution in [2.45, 2.75) is 44.6 Å². The molecule has 1 atom stereocenters. The lowest BCUT2D eigenvalue weighted by Gasteiger charge is -2.20. The summed E-state index contributed by atoms with van der Waals surface area (Å²) in [5, 5.41) is 8.69. The number of carboxylic acids is 1. The van der Waals surface area contributed by atoms with E-state index in [1.807, 2.05) is 0 Å². The maximum absolute atomic E-state index is 10.6. The molecule has 3 nitrogen and oxygen atoms in total. The zero-order valence-corrected chi connectivity index (χ0v) is 11.9. The third kappa shape index (κ3) is 3.12. The molecule has 0 bridgehead atoms. The van der Waals surface area contributed by atoms with E-state index in [1.54, 1.807) is 0 Å². The van der Waals surface area contributed by atoms with Crippen molar-refractivity contribution < 1.29 is 9.90 Å². The van der Waals surface area contributed by atoms with Gasteiger partial charge in [-0.25, -0.2) is 0 Å². The van der Waals surface area contributed by atoms with Crippen molar-refractivity contribution in [2.24, 2.45) is 5.73 Å². The molecule has 0 saturated heterocycles. The number of rotatable bonds is 4. The first kappa shape index (κ1) is 13.6. The van der Waals surface area contributed by atoms with Gasteiger partial charge in [-0.15, -0.1) is 0 Å². The van der Waals surface area contributed by atoms with E-state index in [1.165, 1.54) is 24.0 Å². The second kappa shape index (κ2) is 5.85. The molecule has 1 aliphatic carbocycles. The zero-order valence-electron chi connectivity index (χ0n) is 10.3. The van der Waals surface area contributed by atoms with E-state index >= 15 is 0 Å². The maximum atomic E-state index is 10.6. The number of hydrogen-bond acceptors (Lipinski definition) is 2. The minimum absolute atomic E-state index is 0.121. The molecule has 0 radical (unpaired) electrons. The van der Waals surface area contributed by atoms with E-state index in [0.29, 0.717) is 6.42 Å². The Morgan fingerprint density at radius 1 is 1.39 bits per heavy atom. The highest BCUT2D eigenvalue weighted by atomic mass is 79.9. The Balaban J connectivity index is 2.18. The van der Waals surface area contributed by atoms with Gasteiger partial charge in [-0.3, -0.25) is 4.79 Å². The van der Waals surface area contributed by atoms with E-state index in [9.17, 15) is 4.79 Å². The van der Waals surface area contributed by atoms with Crippen molar-refractivity contribution in [3.8, 4) is 0 Å². The van der Waals surface area contributed by atoms with Gasteiger partial charge in [0.1, 0.15) is 0 Å². The first-order chi connectivity index (χ1) is 8.58. The fourth-order valence-corrected chi connectivity index (χ4v) is 3.21. The molecule has 0 amide bonds. The molecule has 1 aliphatic rings. The van der Waals surface area contributed by atoms with Crippen molar-refractivity contribution in [3.63, 3.8) is 0 Å². The van der Waals surface area contributed by atoms with Gasteiger partial charge in [-0.2, -0.15) is 0 Å². The number of halogens is 1. The number of fused-ring (bicyclic) bond motifs is 1. The molecule has 1 aromatic rings. The monoisotopic (exact) mass is 311 g/mol. The van der Waals surface area contributed by atoms with Gasteiger partial charge in [0.2, 0.25) is 0 Å². The number of hydrogen-bond donors (Lipinski definition) is 2. The van der Waals surface area contributed by atoms with Crippen molar-refractivity contribution in [3.05, 3.63) is 33.3 Å². The predicted octanol–water partition coefficient (Wildman–Crippen LogP) is 3.19. The standard InChI is InChI=1S/C14H18BrNO2/c15-12-8-10(13(16)5-6-14(17)18)7-9-3-1-2-4-11(9)12/h7-8,13H,1-6,16H2,(H,17,18). The number of aliphatic carboxylic acids is 1. The Labute approximate surface area is 116 Å². The van der Waals surface area contributed by atoms with Gasteiger partial charge in [0.15, 0.2) is 0 Å². The molecule has 0 aromatic heterocycles. The van der Waals surface area contributed by atoms with Crippen LogP contribution in [0.25, 0.3) is 0 Å². The number of carbonyl (C=O) groups is 1. The van der Waals surface area contributed by atoms with Gasteiger partial charge in [0.05, 0.1) is 0 Å². The molecule has 18 heavy (non-hydrogen) atoms. The van der Waals surface area contributed by atoms with Crippen LogP contribution in [0.1, 0.15) is 48.4 Å². The number of carboxylic acid groups (broad SMARTS) is 1. The summed E-state index contributed by atoms with van der Waals surface area (Å²) in [4.78, 5) is 10.6. The van der Waals surface area contributed by atoms with Crippen molar-refractivity contribution in [1.29, 1.82) is 0 Å². The first-order valence-electron chi connectivity index (χ1n) is 6.36. The maximum Gasteiger partial charge on any atom is 0.303 e. The average molecular weight is 312 g/mol. The van der Waals surface area contributed by atoms with Crippen molar-refractivity contribution in [2.75, 3.05) is 0 Å². The number of nitrogens with two attached hydrogens (primary N) is 1. The Morgan fingerprint density at radius 3 is 2.83 bits per heavy atom. The van der Waals surface area contributed by atoms with Gasteiger partial charge in [0.25, 0.3) is 0 Å². The van der Waals surface area contributed by atoms with Gasteiger partial charge in [-0.1, -0.05) is 22.0 Å². The van der Waals surface area contributed by atoms with E-state index in [0.717, 1.165) is 22.9 Å². The largest absolute Gasteiger partial charge is 0.481 e. The summed E-state index contributed by atoms with van der Waals surface area (Å²) in [6.45, 7) is 0. The van der Waals surface area contributed by atoms with Crippen LogP contribution in [-0.2, 0) is 17.6 Å². The van der Waals surface area contributed by atoms with Crippen LogP contribution in [0.5, 0.6) is 0 Å². The number of benzene rings is 1. The summed E-state index contributed by atoms with van der Waals surface area (Å²) in [7, 11) is 0. The van der Waals surface area contributed by atoms with Gasteiger partial charge in [0, 0.05) is 16.9 Å². The molecule has 4 heteroatoms. The molecule has 1 unspecified atom stereocenters. The van der Waals surface area contributed by atoms with Crippen LogP contribution in [-0.4, -0.2) is 11.1 Å². The van der Waals surface area contributed by atoms with E-state index in [4.69, 9.17) is 10.8 Å². The summed E-state index contributed by atoms with van der Waals surface area (Å²) in [6.07, 6.45) is 5.31. The average Bonchev–Trinajstić information content (AvgIpc) is 2.36. The molecule has 2 rings (SSSR count). The highest BCUT2D eigenvalue weighted by Gasteiger charge is 2.16. The van der Waals surface area contributed by atoms with E-state index in [2.05, 4.69) is 28.1 Å². The van der Waals surface area contributed by atoms with Crippen LogP contribution < -0.4 is 5.73 Å². The quantitative estimate of drug-likeness (QED) is 0.897. The van der Waals surface area contributed by atoms with Crippen LogP contribution in [0.2, 0.25) is 0 Å². The van der Waals surface area contributed by atoms with Crippen LogP contribution in [0.3, 0.4) is 0 Å². The normalized spacial score (nSPS) is 16.1. The second-order valence-corrected chi connectivity index (χ2v) is 5.74. The molecule has 0 heterocycles. The number of aryl methyl sites for hydroxylation is 1. The van der Waals surface area contributed by atoms with Gasteiger partial charge in [-0.05, 0) is 54.9 Å². The molecular weight excluding hydrogens is 294 g/mol. The van der Waals surface area contributed by atoms with Gasteiger partial charge < -0.3 is 10.8 Å². The molecule has 0 fully saturated rings. The third-order valence-corrected chi connectivity index (χ3v) is 4.24.